The van der Waals surface area contributed by atoms with E-state index < -0.39 is 0 Å². The normalized spacial score (nSPS) is 13.1. The first-order valence-corrected chi connectivity index (χ1v) is 17.0. The monoisotopic (exact) mass is 615 g/mol. The van der Waals surface area contributed by atoms with Gasteiger partial charge in [0.25, 0.3) is 0 Å². The Kier molecular flexibility index (Phi) is 6.69. The van der Waals surface area contributed by atoms with Crippen LogP contribution in [0.1, 0.15) is 47.2 Å². The van der Waals surface area contributed by atoms with Crippen LogP contribution in [0.4, 0.5) is 0 Å². The Labute approximate surface area is 282 Å². The third kappa shape index (κ3) is 4.61. The average molecular weight is 616 g/mol. The predicted molar refractivity (Wildman–Crippen MR) is 202 cm³/mol. The SMILES string of the molecule is CC1(C)c2ccccc2-c2cc(-n3c4ccccc4c4cc(Cc5ccccc5)c(-c5ccccc5Cc5ccccc5)cc43)ccc21. The quantitative estimate of drug-likeness (QED) is 0.175. The largest absolute Gasteiger partial charge is 0.309 e. The van der Waals surface area contributed by atoms with Gasteiger partial charge in [-0.1, -0.05) is 147 Å². The van der Waals surface area contributed by atoms with Gasteiger partial charge in [-0.25, -0.2) is 0 Å². The number of para-hydroxylation sites is 1. The van der Waals surface area contributed by atoms with Crippen LogP contribution >= 0.6 is 0 Å². The molecule has 1 aliphatic carbocycles. The fraction of sp³-hybridized carbons (Fsp3) is 0.106. The number of hydrogen-bond acceptors (Lipinski definition) is 0. The van der Waals surface area contributed by atoms with Crippen molar-refractivity contribution < 1.29 is 0 Å². The molecule has 0 saturated heterocycles. The first-order chi connectivity index (χ1) is 23.6. The maximum absolute atomic E-state index is 2.49. The topological polar surface area (TPSA) is 4.93 Å². The summed E-state index contributed by atoms with van der Waals surface area (Å²) in [6.07, 6.45) is 1.76. The fourth-order valence-corrected chi connectivity index (χ4v) is 8.15. The first-order valence-electron chi connectivity index (χ1n) is 17.0. The zero-order valence-electron chi connectivity index (χ0n) is 27.4. The van der Waals surface area contributed by atoms with Crippen molar-refractivity contribution in [3.63, 3.8) is 0 Å². The molecule has 0 atom stereocenters. The molecule has 1 nitrogen and oxygen atoms in total. The molecule has 0 amide bonds. The van der Waals surface area contributed by atoms with Crippen molar-refractivity contribution in [2.75, 3.05) is 0 Å². The lowest BCUT2D eigenvalue weighted by Crippen LogP contribution is -2.14. The van der Waals surface area contributed by atoms with E-state index in [0.29, 0.717) is 0 Å². The molecule has 0 saturated carbocycles. The lowest BCUT2D eigenvalue weighted by atomic mass is 9.82. The second kappa shape index (κ2) is 11.2. The van der Waals surface area contributed by atoms with Crippen molar-refractivity contribution in [3.8, 4) is 27.9 Å². The molecule has 0 N–H and O–H groups in total. The van der Waals surface area contributed by atoms with E-state index in [2.05, 4.69) is 182 Å². The fourth-order valence-electron chi connectivity index (χ4n) is 8.15. The molecule has 0 bridgehead atoms. The molecule has 1 heteroatoms. The van der Waals surface area contributed by atoms with Crippen molar-refractivity contribution in [1.29, 1.82) is 0 Å². The highest BCUT2D eigenvalue weighted by molar-refractivity contribution is 6.11. The molecule has 7 aromatic carbocycles. The van der Waals surface area contributed by atoms with Gasteiger partial charge in [0.2, 0.25) is 0 Å². The molecule has 1 heterocycles. The van der Waals surface area contributed by atoms with Crippen molar-refractivity contribution in [3.05, 3.63) is 197 Å². The van der Waals surface area contributed by atoms with Gasteiger partial charge in [0, 0.05) is 21.9 Å². The number of fused-ring (bicyclic) bond motifs is 6. The van der Waals surface area contributed by atoms with Crippen LogP contribution in [0, 0.1) is 0 Å². The molecule has 8 aromatic rings. The van der Waals surface area contributed by atoms with Gasteiger partial charge in [0.05, 0.1) is 11.0 Å². The molecule has 9 rings (SSSR count). The Morgan fingerprint density at radius 3 is 1.79 bits per heavy atom. The van der Waals surface area contributed by atoms with E-state index in [-0.39, 0.29) is 5.41 Å². The second-order valence-corrected chi connectivity index (χ2v) is 13.8. The highest BCUT2D eigenvalue weighted by Gasteiger charge is 2.35. The van der Waals surface area contributed by atoms with Gasteiger partial charge in [-0.15, -0.1) is 0 Å². The third-order valence-corrected chi connectivity index (χ3v) is 10.5. The van der Waals surface area contributed by atoms with Gasteiger partial charge in [0.1, 0.15) is 0 Å². The summed E-state index contributed by atoms with van der Waals surface area (Å²) in [4.78, 5) is 0. The molecule has 0 radical (unpaired) electrons. The minimum atomic E-state index is -0.0206. The predicted octanol–water partition coefficient (Wildman–Crippen LogP) is 11.9. The Bertz CT molecular complexity index is 2460. The van der Waals surface area contributed by atoms with Gasteiger partial charge in [0.15, 0.2) is 0 Å². The average Bonchev–Trinajstić information content (AvgIpc) is 3.57. The zero-order chi connectivity index (χ0) is 32.2. The standard InChI is InChI=1S/C47H37N/c1-47(2)43-23-13-11-21-38(43)41-30-36(25-26-44(41)47)48-45-24-14-12-22-39(45)42-29-35(28-33-17-7-4-8-18-33)40(31-46(42)48)37-20-10-9-19-34(37)27-32-15-5-3-6-16-32/h3-26,29-31H,27-28H2,1-2H3. The minimum Gasteiger partial charge on any atom is -0.309 e. The lowest BCUT2D eigenvalue weighted by Gasteiger charge is -2.21. The van der Waals surface area contributed by atoms with Crippen molar-refractivity contribution in [2.24, 2.45) is 0 Å². The van der Waals surface area contributed by atoms with Gasteiger partial charge in [-0.2, -0.15) is 0 Å². The van der Waals surface area contributed by atoms with Gasteiger partial charge in [-0.3, -0.25) is 0 Å². The molecular weight excluding hydrogens is 579 g/mol. The van der Waals surface area contributed by atoms with Crippen LogP contribution in [-0.4, -0.2) is 4.57 Å². The summed E-state index contributed by atoms with van der Waals surface area (Å²) in [6, 6.07) is 60.6. The smallest absolute Gasteiger partial charge is 0.0547 e. The number of rotatable bonds is 6. The van der Waals surface area contributed by atoms with E-state index in [4.69, 9.17) is 0 Å². The Balaban J connectivity index is 1.30. The molecule has 0 fully saturated rings. The lowest BCUT2D eigenvalue weighted by molar-refractivity contribution is 0.660. The van der Waals surface area contributed by atoms with Gasteiger partial charge >= 0.3 is 0 Å². The first kappa shape index (κ1) is 28.6. The van der Waals surface area contributed by atoms with E-state index >= 15 is 0 Å². The molecule has 230 valence electrons. The Morgan fingerprint density at radius 2 is 1.02 bits per heavy atom. The summed E-state index contributed by atoms with van der Waals surface area (Å²) in [5.41, 5.74) is 17.1. The van der Waals surface area contributed by atoms with E-state index in [1.807, 2.05) is 0 Å². The van der Waals surface area contributed by atoms with Crippen LogP contribution in [-0.2, 0) is 18.3 Å². The van der Waals surface area contributed by atoms with Crippen LogP contribution in [0.2, 0.25) is 0 Å². The molecule has 48 heavy (non-hydrogen) atoms. The zero-order valence-corrected chi connectivity index (χ0v) is 27.4. The number of aromatic nitrogens is 1. The minimum absolute atomic E-state index is 0.0206. The maximum Gasteiger partial charge on any atom is 0.0547 e. The number of benzene rings is 7. The Morgan fingerprint density at radius 1 is 0.417 bits per heavy atom. The highest BCUT2D eigenvalue weighted by Crippen LogP contribution is 2.49. The van der Waals surface area contributed by atoms with Crippen LogP contribution in [0.3, 0.4) is 0 Å². The maximum atomic E-state index is 2.49. The molecule has 0 unspecified atom stereocenters. The highest BCUT2D eigenvalue weighted by atomic mass is 15.0. The Hall–Kier alpha value is -5.66. The summed E-state index contributed by atoms with van der Waals surface area (Å²) in [5, 5.41) is 2.58. The van der Waals surface area contributed by atoms with E-state index in [9.17, 15) is 0 Å². The third-order valence-electron chi connectivity index (χ3n) is 10.5. The van der Waals surface area contributed by atoms with Crippen LogP contribution in [0.5, 0.6) is 0 Å². The number of hydrogen-bond donors (Lipinski definition) is 0. The summed E-state index contributed by atoms with van der Waals surface area (Å²) in [7, 11) is 0. The molecule has 1 aromatic heterocycles. The van der Waals surface area contributed by atoms with E-state index in [0.717, 1.165) is 12.8 Å². The van der Waals surface area contributed by atoms with E-state index in [1.165, 1.54) is 83.1 Å². The van der Waals surface area contributed by atoms with Crippen molar-refractivity contribution in [2.45, 2.75) is 32.1 Å². The van der Waals surface area contributed by atoms with Gasteiger partial charge < -0.3 is 4.57 Å². The molecular formula is C47H37N. The summed E-state index contributed by atoms with van der Waals surface area (Å²) >= 11 is 0. The second-order valence-electron chi connectivity index (χ2n) is 13.8. The molecule has 0 spiro atoms. The molecule has 1 aliphatic rings. The molecule has 0 aliphatic heterocycles. The van der Waals surface area contributed by atoms with Gasteiger partial charge in [-0.05, 0) is 98.8 Å². The number of nitrogens with zero attached hydrogens (tertiary/aromatic N) is 1. The van der Waals surface area contributed by atoms with Crippen LogP contribution in [0.25, 0.3) is 49.7 Å². The summed E-state index contributed by atoms with van der Waals surface area (Å²) in [6.45, 7) is 4.70. The van der Waals surface area contributed by atoms with Crippen molar-refractivity contribution in [1.82, 2.24) is 4.57 Å². The van der Waals surface area contributed by atoms with Crippen LogP contribution in [0.15, 0.2) is 164 Å². The summed E-state index contributed by atoms with van der Waals surface area (Å²) < 4.78 is 2.49. The van der Waals surface area contributed by atoms with E-state index in [1.54, 1.807) is 0 Å². The summed E-state index contributed by atoms with van der Waals surface area (Å²) in [5.74, 6) is 0. The van der Waals surface area contributed by atoms with Crippen LogP contribution < -0.4 is 0 Å². The van der Waals surface area contributed by atoms with Crippen molar-refractivity contribution >= 4 is 21.8 Å².